The highest BCUT2D eigenvalue weighted by atomic mass is 19.4. The molecule has 0 aliphatic carbocycles. The van der Waals surface area contributed by atoms with Crippen molar-refractivity contribution in [3.05, 3.63) is 63.5 Å². The lowest BCUT2D eigenvalue weighted by molar-refractivity contribution is -0.385. The summed E-state index contributed by atoms with van der Waals surface area (Å²) in [4.78, 5) is 13.2. The van der Waals surface area contributed by atoms with Crippen molar-refractivity contribution in [2.24, 2.45) is 0 Å². The Morgan fingerprint density at radius 3 is 2.18 bits per heavy atom. The zero-order chi connectivity index (χ0) is 20.5. The topological polar surface area (TPSA) is 73.4 Å². The molecule has 1 saturated heterocycles. The number of benzene rings is 2. The van der Waals surface area contributed by atoms with E-state index in [1.54, 1.807) is 11.0 Å². The molecule has 10 heteroatoms. The number of nitro groups is 1. The summed E-state index contributed by atoms with van der Waals surface area (Å²) in [6.07, 6.45) is -4.74. The van der Waals surface area contributed by atoms with Gasteiger partial charge >= 0.3 is 6.18 Å². The lowest BCUT2D eigenvalue weighted by Crippen LogP contribution is -2.47. The summed E-state index contributed by atoms with van der Waals surface area (Å²) >= 11 is 0. The third-order valence-corrected chi connectivity index (χ3v) is 4.56. The van der Waals surface area contributed by atoms with Crippen molar-refractivity contribution in [1.29, 1.82) is 5.26 Å². The number of nitriles is 1. The minimum atomic E-state index is -4.74. The monoisotopic (exact) mass is 394 g/mol. The van der Waals surface area contributed by atoms with Crippen LogP contribution in [0.2, 0.25) is 0 Å². The first-order valence-electron chi connectivity index (χ1n) is 8.26. The number of nitrogens with zero attached hydrogens (tertiary/aromatic N) is 4. The number of hydrogen-bond donors (Lipinski definition) is 0. The first kappa shape index (κ1) is 19.4. The Hall–Kier alpha value is -3.35. The van der Waals surface area contributed by atoms with Crippen molar-refractivity contribution < 1.29 is 22.5 Å². The normalized spacial score (nSPS) is 14.7. The predicted octanol–water partition coefficient (Wildman–Crippen LogP) is 3.95. The maximum atomic E-state index is 13.8. The summed E-state index contributed by atoms with van der Waals surface area (Å²) in [5.41, 5.74) is -1.56. The molecule has 0 saturated carbocycles. The first-order valence-corrected chi connectivity index (χ1v) is 8.26. The molecule has 1 heterocycles. The van der Waals surface area contributed by atoms with Crippen LogP contribution in [0.3, 0.4) is 0 Å². The fraction of sp³-hybridized carbons (Fsp3) is 0.278. The number of rotatable bonds is 3. The van der Waals surface area contributed by atoms with E-state index in [-0.39, 0.29) is 37.4 Å². The molecule has 1 fully saturated rings. The quantitative estimate of drug-likeness (QED) is 0.448. The van der Waals surface area contributed by atoms with Crippen molar-refractivity contribution in [3.63, 3.8) is 0 Å². The summed E-state index contributed by atoms with van der Waals surface area (Å²) in [5, 5.41) is 20.0. The molecule has 3 rings (SSSR count). The van der Waals surface area contributed by atoms with Crippen LogP contribution in [0.25, 0.3) is 0 Å². The molecule has 0 aromatic heterocycles. The minimum absolute atomic E-state index is 0.109. The third kappa shape index (κ3) is 3.69. The summed E-state index contributed by atoms with van der Waals surface area (Å²) < 4.78 is 54.0. The van der Waals surface area contributed by atoms with Gasteiger partial charge in [0, 0.05) is 44.0 Å². The fourth-order valence-electron chi connectivity index (χ4n) is 3.22. The molecule has 0 unspecified atom stereocenters. The summed E-state index contributed by atoms with van der Waals surface area (Å²) in [7, 11) is 0. The molecular weight excluding hydrogens is 380 g/mol. The number of anilines is 2. The highest BCUT2D eigenvalue weighted by Gasteiger charge is 2.37. The van der Waals surface area contributed by atoms with Crippen LogP contribution in [-0.4, -0.2) is 31.1 Å². The Balaban J connectivity index is 1.85. The van der Waals surface area contributed by atoms with E-state index in [1.165, 1.54) is 17.0 Å². The number of piperazine rings is 1. The molecule has 2 aromatic carbocycles. The smallest absolute Gasteiger partial charge is 0.367 e. The number of nitro benzene ring substituents is 1. The van der Waals surface area contributed by atoms with Gasteiger partial charge in [0.2, 0.25) is 0 Å². The van der Waals surface area contributed by atoms with E-state index >= 15 is 0 Å². The molecular formula is C18H14F4N4O2. The average molecular weight is 394 g/mol. The number of halogens is 4. The molecule has 28 heavy (non-hydrogen) atoms. The van der Waals surface area contributed by atoms with Crippen LogP contribution in [0.5, 0.6) is 0 Å². The predicted molar refractivity (Wildman–Crippen MR) is 93.6 cm³/mol. The second-order valence-corrected chi connectivity index (χ2v) is 6.18. The lowest BCUT2D eigenvalue weighted by Gasteiger charge is -2.38. The van der Waals surface area contributed by atoms with Gasteiger partial charge in [-0.15, -0.1) is 0 Å². The van der Waals surface area contributed by atoms with Gasteiger partial charge in [-0.1, -0.05) is 6.07 Å². The number of non-ortho nitro benzene ring substituents is 1. The lowest BCUT2D eigenvalue weighted by atomic mass is 10.1. The molecule has 0 bridgehead atoms. The van der Waals surface area contributed by atoms with Gasteiger partial charge in [0.25, 0.3) is 5.69 Å². The van der Waals surface area contributed by atoms with Gasteiger partial charge in [0.15, 0.2) is 0 Å². The van der Waals surface area contributed by atoms with Gasteiger partial charge < -0.3 is 9.80 Å². The van der Waals surface area contributed by atoms with Crippen molar-refractivity contribution >= 4 is 17.1 Å². The Labute approximate surface area is 157 Å². The molecule has 0 atom stereocenters. The van der Waals surface area contributed by atoms with E-state index < -0.39 is 28.2 Å². The Morgan fingerprint density at radius 1 is 1.04 bits per heavy atom. The van der Waals surface area contributed by atoms with Crippen LogP contribution < -0.4 is 9.80 Å². The second kappa shape index (κ2) is 7.34. The van der Waals surface area contributed by atoms with E-state index in [1.807, 2.05) is 6.07 Å². The molecule has 0 radical (unpaired) electrons. The largest absolute Gasteiger partial charge is 0.418 e. The molecule has 1 aliphatic heterocycles. The van der Waals surface area contributed by atoms with Crippen molar-refractivity contribution in [2.45, 2.75) is 6.18 Å². The highest BCUT2D eigenvalue weighted by Crippen LogP contribution is 2.39. The molecule has 0 amide bonds. The van der Waals surface area contributed by atoms with Gasteiger partial charge in [-0.3, -0.25) is 10.1 Å². The van der Waals surface area contributed by atoms with Crippen molar-refractivity contribution in [3.8, 4) is 6.07 Å². The number of alkyl halides is 3. The maximum absolute atomic E-state index is 13.8. The van der Waals surface area contributed by atoms with Gasteiger partial charge in [0.1, 0.15) is 17.4 Å². The van der Waals surface area contributed by atoms with Crippen molar-refractivity contribution in [1.82, 2.24) is 0 Å². The Bertz CT molecular complexity index is 948. The molecule has 6 nitrogen and oxygen atoms in total. The van der Waals surface area contributed by atoms with E-state index in [0.29, 0.717) is 11.8 Å². The number of hydrogen-bond acceptors (Lipinski definition) is 5. The zero-order valence-corrected chi connectivity index (χ0v) is 14.4. The average Bonchev–Trinajstić information content (AvgIpc) is 2.66. The zero-order valence-electron chi connectivity index (χ0n) is 14.4. The van der Waals surface area contributed by atoms with Gasteiger partial charge in [-0.05, 0) is 18.2 Å². The molecule has 1 aliphatic rings. The van der Waals surface area contributed by atoms with Crippen LogP contribution in [0.4, 0.5) is 34.6 Å². The second-order valence-electron chi connectivity index (χ2n) is 6.18. The maximum Gasteiger partial charge on any atom is 0.418 e. The van der Waals surface area contributed by atoms with Gasteiger partial charge in [-0.25, -0.2) is 4.39 Å². The fourth-order valence-corrected chi connectivity index (χ4v) is 3.22. The van der Waals surface area contributed by atoms with E-state index in [2.05, 4.69) is 0 Å². The van der Waals surface area contributed by atoms with Crippen LogP contribution in [-0.2, 0) is 6.18 Å². The molecule has 0 N–H and O–H groups in total. The summed E-state index contributed by atoms with van der Waals surface area (Å²) in [5.74, 6) is -0.655. The first-order chi connectivity index (χ1) is 13.2. The van der Waals surface area contributed by atoms with E-state index in [0.717, 1.165) is 12.1 Å². The van der Waals surface area contributed by atoms with Crippen LogP contribution >= 0.6 is 0 Å². The van der Waals surface area contributed by atoms with Gasteiger partial charge in [0.05, 0.1) is 16.2 Å². The van der Waals surface area contributed by atoms with Crippen LogP contribution in [0.15, 0.2) is 36.4 Å². The standard InChI is InChI=1S/C18H14F4N4O2/c19-15-2-1-3-16(13(15)11-23)24-6-8-25(9-7-24)17-5-4-12(26(27)28)10-14(17)18(20,21)22/h1-5,10H,6-9H2. The summed E-state index contributed by atoms with van der Waals surface area (Å²) in [6.45, 7) is 0.906. The van der Waals surface area contributed by atoms with Crippen LogP contribution in [0.1, 0.15) is 11.1 Å². The summed E-state index contributed by atoms with van der Waals surface area (Å²) in [6, 6.07) is 8.70. The van der Waals surface area contributed by atoms with Gasteiger partial charge in [-0.2, -0.15) is 18.4 Å². The van der Waals surface area contributed by atoms with E-state index in [9.17, 15) is 27.7 Å². The SMILES string of the molecule is N#Cc1c(F)cccc1N1CCN(c2ccc([N+](=O)[O-])cc2C(F)(F)F)CC1. The Kier molecular flexibility index (Phi) is 5.09. The van der Waals surface area contributed by atoms with Crippen LogP contribution in [0, 0.1) is 27.3 Å². The minimum Gasteiger partial charge on any atom is -0.367 e. The molecule has 2 aromatic rings. The van der Waals surface area contributed by atoms with E-state index in [4.69, 9.17) is 5.26 Å². The molecule has 0 spiro atoms. The molecule has 146 valence electrons. The third-order valence-electron chi connectivity index (χ3n) is 4.56. The van der Waals surface area contributed by atoms with Crippen molar-refractivity contribution in [2.75, 3.05) is 36.0 Å². The Morgan fingerprint density at radius 2 is 1.64 bits per heavy atom. The highest BCUT2D eigenvalue weighted by molar-refractivity contribution is 5.63.